The molecule has 1 fully saturated rings. The molecule has 3 N–H and O–H groups in total. The van der Waals surface area contributed by atoms with Crippen LogP contribution >= 0.6 is 0 Å². The van der Waals surface area contributed by atoms with E-state index in [1.54, 1.807) is 0 Å². The summed E-state index contributed by atoms with van der Waals surface area (Å²) in [7, 11) is 0. The van der Waals surface area contributed by atoms with Crippen molar-refractivity contribution in [3.63, 3.8) is 0 Å². The number of hydrogen-bond acceptors (Lipinski definition) is 3. The van der Waals surface area contributed by atoms with Crippen LogP contribution in [0.25, 0.3) is 10.9 Å². The second kappa shape index (κ2) is 6.28. The van der Waals surface area contributed by atoms with Gasteiger partial charge in [0, 0.05) is 42.9 Å². The predicted octanol–water partition coefficient (Wildman–Crippen LogP) is 1.40. The minimum atomic E-state index is 0.0533. The van der Waals surface area contributed by atoms with Gasteiger partial charge in [0.05, 0.1) is 0 Å². The molecule has 112 valence electrons. The number of rotatable bonds is 4. The number of nitrogens with zero attached hydrogens (tertiary/aromatic N) is 1. The summed E-state index contributed by atoms with van der Waals surface area (Å²) in [5.41, 5.74) is 7.91. The van der Waals surface area contributed by atoms with Gasteiger partial charge in [-0.15, -0.1) is 0 Å². The molecule has 0 spiro atoms. The highest BCUT2D eigenvalue weighted by molar-refractivity contribution is 5.85. The van der Waals surface area contributed by atoms with Crippen LogP contribution in [-0.4, -0.2) is 29.7 Å². The van der Waals surface area contributed by atoms with Crippen LogP contribution in [0.2, 0.25) is 0 Å². The topological polar surface area (TPSA) is 69.3 Å². The smallest absolute Gasteiger partial charge is 0.240 e. The molecule has 1 aliphatic heterocycles. The number of aromatic nitrogens is 1. The third kappa shape index (κ3) is 3.09. The maximum absolute atomic E-state index is 12.2. The third-order valence-electron chi connectivity index (χ3n) is 4.02. The van der Waals surface area contributed by atoms with E-state index >= 15 is 0 Å². The van der Waals surface area contributed by atoms with E-state index in [9.17, 15) is 4.79 Å². The molecule has 1 amide bonds. The number of amides is 1. The van der Waals surface area contributed by atoms with Crippen LogP contribution in [-0.2, 0) is 22.6 Å². The van der Waals surface area contributed by atoms with Crippen molar-refractivity contribution in [3.05, 3.63) is 36.0 Å². The summed E-state index contributed by atoms with van der Waals surface area (Å²) < 4.78 is 7.28. The standard InChI is InChI=1S/C16H21N3O2/c17-10-12-2-1-3-15-14(12)4-7-19(15)11-16(20)18-13-5-8-21-9-6-13/h1-4,7,13H,5-6,8-11,17H2,(H,18,20). The molecule has 1 aliphatic rings. The number of nitrogens with two attached hydrogens (primary N) is 1. The van der Waals surface area contributed by atoms with E-state index in [0.29, 0.717) is 13.1 Å². The van der Waals surface area contributed by atoms with Gasteiger partial charge in [-0.3, -0.25) is 4.79 Å². The number of hydrogen-bond donors (Lipinski definition) is 2. The second-order valence-electron chi connectivity index (χ2n) is 5.45. The van der Waals surface area contributed by atoms with Gasteiger partial charge >= 0.3 is 0 Å². The zero-order valence-electron chi connectivity index (χ0n) is 12.0. The molecule has 0 saturated carbocycles. The summed E-state index contributed by atoms with van der Waals surface area (Å²) in [4.78, 5) is 12.2. The van der Waals surface area contributed by atoms with Gasteiger partial charge in [-0.1, -0.05) is 12.1 Å². The average Bonchev–Trinajstić information content (AvgIpc) is 2.91. The van der Waals surface area contributed by atoms with Crippen molar-refractivity contribution in [2.75, 3.05) is 13.2 Å². The van der Waals surface area contributed by atoms with Crippen LogP contribution in [0.4, 0.5) is 0 Å². The highest BCUT2D eigenvalue weighted by Gasteiger charge is 2.16. The van der Waals surface area contributed by atoms with E-state index in [-0.39, 0.29) is 11.9 Å². The fraction of sp³-hybridized carbons (Fsp3) is 0.438. The molecule has 0 aliphatic carbocycles. The summed E-state index contributed by atoms with van der Waals surface area (Å²) >= 11 is 0. The Hall–Kier alpha value is -1.85. The number of fused-ring (bicyclic) bond motifs is 1. The maximum atomic E-state index is 12.2. The van der Waals surface area contributed by atoms with Crippen LogP contribution in [0.15, 0.2) is 30.5 Å². The van der Waals surface area contributed by atoms with Crippen LogP contribution in [0.5, 0.6) is 0 Å². The lowest BCUT2D eigenvalue weighted by molar-refractivity contribution is -0.122. The predicted molar refractivity (Wildman–Crippen MR) is 81.8 cm³/mol. The van der Waals surface area contributed by atoms with Crippen LogP contribution in [0, 0.1) is 0 Å². The third-order valence-corrected chi connectivity index (χ3v) is 4.02. The molecule has 0 atom stereocenters. The van der Waals surface area contributed by atoms with Crippen molar-refractivity contribution >= 4 is 16.8 Å². The van der Waals surface area contributed by atoms with Crippen molar-refractivity contribution < 1.29 is 9.53 Å². The van der Waals surface area contributed by atoms with Crippen molar-refractivity contribution in [3.8, 4) is 0 Å². The highest BCUT2D eigenvalue weighted by atomic mass is 16.5. The van der Waals surface area contributed by atoms with Gasteiger partial charge in [-0.05, 0) is 30.5 Å². The van der Waals surface area contributed by atoms with Gasteiger partial charge in [-0.2, -0.15) is 0 Å². The second-order valence-corrected chi connectivity index (χ2v) is 5.45. The summed E-state index contributed by atoms with van der Waals surface area (Å²) in [5.74, 6) is 0.0533. The Morgan fingerprint density at radius 3 is 2.90 bits per heavy atom. The van der Waals surface area contributed by atoms with Crippen molar-refractivity contribution in [2.24, 2.45) is 5.73 Å². The molecule has 21 heavy (non-hydrogen) atoms. The van der Waals surface area contributed by atoms with E-state index in [2.05, 4.69) is 5.32 Å². The van der Waals surface area contributed by atoms with Crippen molar-refractivity contribution in [1.29, 1.82) is 0 Å². The van der Waals surface area contributed by atoms with Crippen LogP contribution < -0.4 is 11.1 Å². The summed E-state index contributed by atoms with van der Waals surface area (Å²) in [5, 5.41) is 4.21. The summed E-state index contributed by atoms with van der Waals surface area (Å²) in [6.45, 7) is 2.32. The van der Waals surface area contributed by atoms with E-state index in [0.717, 1.165) is 42.5 Å². The minimum absolute atomic E-state index is 0.0533. The normalized spacial score (nSPS) is 16.2. The molecule has 5 heteroatoms. The lowest BCUT2D eigenvalue weighted by Gasteiger charge is -2.23. The molecule has 1 aromatic heterocycles. The Bertz CT molecular complexity index is 629. The largest absolute Gasteiger partial charge is 0.381 e. The number of carbonyl (C=O) groups excluding carboxylic acids is 1. The Balaban J connectivity index is 1.71. The van der Waals surface area contributed by atoms with E-state index in [1.807, 2.05) is 35.0 Å². The molecule has 0 radical (unpaired) electrons. The maximum Gasteiger partial charge on any atom is 0.240 e. The van der Waals surface area contributed by atoms with Gasteiger partial charge in [0.2, 0.25) is 5.91 Å². The molecular formula is C16H21N3O2. The van der Waals surface area contributed by atoms with Crippen LogP contribution in [0.1, 0.15) is 18.4 Å². The van der Waals surface area contributed by atoms with E-state index in [1.165, 1.54) is 0 Å². The number of nitrogens with one attached hydrogen (secondary N) is 1. The van der Waals surface area contributed by atoms with E-state index < -0.39 is 0 Å². The van der Waals surface area contributed by atoms with Crippen LogP contribution in [0.3, 0.4) is 0 Å². The van der Waals surface area contributed by atoms with Gasteiger partial charge in [0.15, 0.2) is 0 Å². The van der Waals surface area contributed by atoms with Gasteiger partial charge < -0.3 is 20.4 Å². The Morgan fingerprint density at radius 2 is 2.14 bits per heavy atom. The number of benzene rings is 1. The first-order valence-electron chi connectivity index (χ1n) is 7.42. The number of ether oxygens (including phenoxy) is 1. The zero-order valence-corrected chi connectivity index (χ0v) is 12.0. The van der Waals surface area contributed by atoms with Gasteiger partial charge in [-0.25, -0.2) is 0 Å². The first kappa shape index (κ1) is 14.1. The zero-order chi connectivity index (χ0) is 14.7. The molecule has 2 heterocycles. The molecule has 2 aromatic rings. The fourth-order valence-electron chi connectivity index (χ4n) is 2.87. The lowest BCUT2D eigenvalue weighted by Crippen LogP contribution is -2.40. The molecular weight excluding hydrogens is 266 g/mol. The van der Waals surface area contributed by atoms with Crippen molar-refractivity contribution in [2.45, 2.75) is 32.0 Å². The Kier molecular flexibility index (Phi) is 4.22. The molecule has 0 unspecified atom stereocenters. The quantitative estimate of drug-likeness (QED) is 0.893. The SMILES string of the molecule is NCc1cccc2c1ccn2CC(=O)NC1CCOCC1. The van der Waals surface area contributed by atoms with E-state index in [4.69, 9.17) is 10.5 Å². The highest BCUT2D eigenvalue weighted by Crippen LogP contribution is 2.20. The minimum Gasteiger partial charge on any atom is -0.381 e. The average molecular weight is 287 g/mol. The first-order chi connectivity index (χ1) is 10.3. The fourth-order valence-corrected chi connectivity index (χ4v) is 2.87. The molecule has 1 aromatic carbocycles. The number of carbonyl (C=O) groups is 1. The lowest BCUT2D eigenvalue weighted by atomic mass is 10.1. The molecule has 3 rings (SSSR count). The Morgan fingerprint density at radius 1 is 1.33 bits per heavy atom. The van der Waals surface area contributed by atoms with Crippen molar-refractivity contribution in [1.82, 2.24) is 9.88 Å². The van der Waals surface area contributed by atoms with Gasteiger partial charge in [0.25, 0.3) is 0 Å². The monoisotopic (exact) mass is 287 g/mol. The van der Waals surface area contributed by atoms with Gasteiger partial charge in [0.1, 0.15) is 6.54 Å². The molecule has 5 nitrogen and oxygen atoms in total. The first-order valence-corrected chi connectivity index (χ1v) is 7.42. The summed E-state index contributed by atoms with van der Waals surface area (Å²) in [6, 6.07) is 8.30. The Labute approximate surface area is 124 Å². The molecule has 0 bridgehead atoms. The molecule has 1 saturated heterocycles. The summed E-state index contributed by atoms with van der Waals surface area (Å²) in [6.07, 6.45) is 3.75.